The number of hydrogen-bond donors (Lipinski definition) is 1. The van der Waals surface area contributed by atoms with Crippen LogP contribution in [0.4, 0.5) is 0 Å². The first-order chi connectivity index (χ1) is 9.38. The van der Waals surface area contributed by atoms with E-state index in [4.69, 9.17) is 4.74 Å². The highest BCUT2D eigenvalue weighted by atomic mass is 16.5. The van der Waals surface area contributed by atoms with Crippen LogP contribution in [0.3, 0.4) is 0 Å². The Labute approximate surface area is 112 Å². The number of nitrogens with one attached hydrogen (secondary N) is 1. The summed E-state index contributed by atoms with van der Waals surface area (Å²) in [5.41, 5.74) is 1.23. The maximum atomic E-state index is 5.66. The number of aromatic nitrogens is 3. The molecular weight excluding hydrogens is 240 g/mol. The van der Waals surface area contributed by atoms with Gasteiger partial charge in [-0.3, -0.25) is 0 Å². The van der Waals surface area contributed by atoms with E-state index in [-0.39, 0.29) is 0 Å². The molecule has 1 aliphatic heterocycles. The predicted molar refractivity (Wildman–Crippen MR) is 71.8 cm³/mol. The van der Waals surface area contributed by atoms with E-state index in [1.165, 1.54) is 5.56 Å². The van der Waals surface area contributed by atoms with Crippen LogP contribution in [-0.4, -0.2) is 21.4 Å². The molecule has 1 aromatic carbocycles. The third-order valence-corrected chi connectivity index (χ3v) is 3.50. The number of benzene rings is 1. The zero-order valence-corrected chi connectivity index (χ0v) is 11.0. The number of para-hydroxylation sites is 1. The molecule has 1 aromatic heterocycles. The average Bonchev–Trinajstić information content (AvgIpc) is 2.92. The Balaban J connectivity index is 1.71. The first kappa shape index (κ1) is 12.2. The lowest BCUT2D eigenvalue weighted by Gasteiger charge is -2.26. The van der Waals surface area contributed by atoms with E-state index in [0.717, 1.165) is 37.7 Å². The summed E-state index contributed by atoms with van der Waals surface area (Å²) in [6, 6.07) is 8.53. The molecule has 0 saturated carbocycles. The molecule has 1 N–H and O–H groups in total. The van der Waals surface area contributed by atoms with E-state index in [1.54, 1.807) is 6.33 Å². The SMILES string of the molecule is CCn1cnnc1CNC1CCOc2ccccc21. The molecule has 5 heteroatoms. The number of aryl methyl sites for hydroxylation is 1. The number of hydrogen-bond acceptors (Lipinski definition) is 4. The van der Waals surface area contributed by atoms with Crippen LogP contribution in [0, 0.1) is 0 Å². The third-order valence-electron chi connectivity index (χ3n) is 3.50. The van der Waals surface area contributed by atoms with Crippen molar-refractivity contribution in [3.05, 3.63) is 42.0 Å². The minimum Gasteiger partial charge on any atom is -0.493 e. The van der Waals surface area contributed by atoms with Gasteiger partial charge in [0.1, 0.15) is 17.9 Å². The fraction of sp³-hybridized carbons (Fsp3) is 0.429. The normalized spacial score (nSPS) is 17.8. The van der Waals surface area contributed by atoms with Gasteiger partial charge in [0.15, 0.2) is 0 Å². The minimum atomic E-state index is 0.326. The third kappa shape index (κ3) is 2.46. The molecule has 5 nitrogen and oxygen atoms in total. The second-order valence-electron chi connectivity index (χ2n) is 4.64. The van der Waals surface area contributed by atoms with Gasteiger partial charge < -0.3 is 14.6 Å². The maximum Gasteiger partial charge on any atom is 0.146 e. The van der Waals surface area contributed by atoms with Crippen LogP contribution in [0.5, 0.6) is 5.75 Å². The first-order valence-corrected chi connectivity index (χ1v) is 6.70. The maximum absolute atomic E-state index is 5.66. The summed E-state index contributed by atoms with van der Waals surface area (Å²) in [5, 5.41) is 11.6. The van der Waals surface area contributed by atoms with Crippen LogP contribution >= 0.6 is 0 Å². The van der Waals surface area contributed by atoms with Gasteiger partial charge >= 0.3 is 0 Å². The Morgan fingerprint density at radius 1 is 1.42 bits per heavy atom. The van der Waals surface area contributed by atoms with Crippen molar-refractivity contribution in [1.29, 1.82) is 0 Å². The Hall–Kier alpha value is -1.88. The molecule has 0 spiro atoms. The van der Waals surface area contributed by atoms with Gasteiger partial charge in [-0.25, -0.2) is 0 Å². The smallest absolute Gasteiger partial charge is 0.146 e. The van der Waals surface area contributed by atoms with Crippen LogP contribution in [0.1, 0.15) is 30.8 Å². The van der Waals surface area contributed by atoms with Crippen molar-refractivity contribution in [2.24, 2.45) is 0 Å². The Kier molecular flexibility index (Phi) is 3.46. The molecule has 3 rings (SSSR count). The highest BCUT2D eigenvalue weighted by Crippen LogP contribution is 2.31. The van der Waals surface area contributed by atoms with Crippen molar-refractivity contribution in [2.45, 2.75) is 32.5 Å². The molecule has 0 aliphatic carbocycles. The summed E-state index contributed by atoms with van der Waals surface area (Å²) in [6.07, 6.45) is 2.76. The Morgan fingerprint density at radius 3 is 3.21 bits per heavy atom. The second-order valence-corrected chi connectivity index (χ2v) is 4.64. The number of rotatable bonds is 4. The van der Waals surface area contributed by atoms with Crippen molar-refractivity contribution >= 4 is 0 Å². The summed E-state index contributed by atoms with van der Waals surface area (Å²) in [7, 11) is 0. The van der Waals surface area contributed by atoms with Gasteiger partial charge in [-0.15, -0.1) is 10.2 Å². The van der Waals surface area contributed by atoms with Crippen molar-refractivity contribution in [3.8, 4) is 5.75 Å². The summed E-state index contributed by atoms with van der Waals surface area (Å²) >= 11 is 0. The quantitative estimate of drug-likeness (QED) is 0.910. The van der Waals surface area contributed by atoms with Crippen molar-refractivity contribution < 1.29 is 4.74 Å². The highest BCUT2D eigenvalue weighted by molar-refractivity contribution is 5.37. The molecule has 1 aliphatic rings. The van der Waals surface area contributed by atoms with Gasteiger partial charge in [0.25, 0.3) is 0 Å². The molecule has 0 amide bonds. The van der Waals surface area contributed by atoms with Crippen molar-refractivity contribution in [2.75, 3.05) is 6.61 Å². The molecule has 1 atom stereocenters. The molecule has 0 bridgehead atoms. The van der Waals surface area contributed by atoms with Crippen LogP contribution in [0.25, 0.3) is 0 Å². The Morgan fingerprint density at radius 2 is 2.32 bits per heavy atom. The molecule has 19 heavy (non-hydrogen) atoms. The summed E-state index contributed by atoms with van der Waals surface area (Å²) in [4.78, 5) is 0. The van der Waals surface area contributed by atoms with Crippen LogP contribution < -0.4 is 10.1 Å². The van der Waals surface area contributed by atoms with E-state index in [2.05, 4.69) is 39.1 Å². The van der Waals surface area contributed by atoms with Crippen molar-refractivity contribution in [3.63, 3.8) is 0 Å². The fourth-order valence-electron chi connectivity index (χ4n) is 2.45. The van der Waals surface area contributed by atoms with Gasteiger partial charge in [-0.05, 0) is 13.0 Å². The van der Waals surface area contributed by atoms with Gasteiger partial charge in [0.2, 0.25) is 0 Å². The van der Waals surface area contributed by atoms with E-state index in [9.17, 15) is 0 Å². The summed E-state index contributed by atoms with van der Waals surface area (Å²) in [6.45, 7) is 4.48. The first-order valence-electron chi connectivity index (χ1n) is 6.70. The molecule has 2 heterocycles. The standard InChI is InChI=1S/C14H18N4O/c1-2-18-10-16-17-14(18)9-15-12-7-8-19-13-6-4-3-5-11(12)13/h3-6,10,12,15H,2,7-9H2,1H3. The van der Waals surface area contributed by atoms with Crippen LogP contribution in [0.2, 0.25) is 0 Å². The Bertz CT molecular complexity index is 552. The fourth-order valence-corrected chi connectivity index (χ4v) is 2.45. The lowest BCUT2D eigenvalue weighted by Crippen LogP contribution is -2.27. The molecule has 2 aromatic rings. The zero-order valence-electron chi connectivity index (χ0n) is 11.0. The van der Waals surface area contributed by atoms with E-state index >= 15 is 0 Å². The van der Waals surface area contributed by atoms with E-state index in [0.29, 0.717) is 6.04 Å². The van der Waals surface area contributed by atoms with Crippen LogP contribution in [-0.2, 0) is 13.1 Å². The second kappa shape index (κ2) is 5.40. The number of nitrogens with zero attached hydrogens (tertiary/aromatic N) is 3. The molecular formula is C14H18N4O. The lowest BCUT2D eigenvalue weighted by atomic mass is 10.0. The van der Waals surface area contributed by atoms with Gasteiger partial charge in [0, 0.05) is 24.6 Å². The number of fused-ring (bicyclic) bond motifs is 1. The van der Waals surface area contributed by atoms with Gasteiger partial charge in [-0.1, -0.05) is 18.2 Å². The molecule has 0 fully saturated rings. The average molecular weight is 258 g/mol. The predicted octanol–water partition coefficient (Wildman–Crippen LogP) is 1.91. The minimum absolute atomic E-state index is 0.326. The largest absolute Gasteiger partial charge is 0.493 e. The number of ether oxygens (including phenoxy) is 1. The highest BCUT2D eigenvalue weighted by Gasteiger charge is 2.20. The van der Waals surface area contributed by atoms with Crippen molar-refractivity contribution in [1.82, 2.24) is 20.1 Å². The van der Waals surface area contributed by atoms with Gasteiger partial charge in [0.05, 0.1) is 13.2 Å². The van der Waals surface area contributed by atoms with E-state index in [1.807, 2.05) is 12.1 Å². The lowest BCUT2D eigenvalue weighted by molar-refractivity contribution is 0.251. The molecule has 100 valence electrons. The molecule has 0 radical (unpaired) electrons. The topological polar surface area (TPSA) is 52.0 Å². The summed E-state index contributed by atoms with van der Waals surface area (Å²) < 4.78 is 7.72. The summed E-state index contributed by atoms with van der Waals surface area (Å²) in [5.74, 6) is 1.97. The van der Waals surface area contributed by atoms with Gasteiger partial charge in [-0.2, -0.15) is 0 Å². The molecule has 0 saturated heterocycles. The monoisotopic (exact) mass is 258 g/mol. The van der Waals surface area contributed by atoms with Crippen LogP contribution in [0.15, 0.2) is 30.6 Å². The zero-order chi connectivity index (χ0) is 13.1. The molecule has 1 unspecified atom stereocenters. The van der Waals surface area contributed by atoms with E-state index < -0.39 is 0 Å².